The van der Waals surface area contributed by atoms with Crippen molar-refractivity contribution in [1.29, 1.82) is 0 Å². The lowest BCUT2D eigenvalue weighted by Gasteiger charge is -2.39. The van der Waals surface area contributed by atoms with Crippen molar-refractivity contribution in [3.8, 4) is 0 Å². The first kappa shape index (κ1) is 14.8. The second-order valence-electron chi connectivity index (χ2n) is 6.82. The topological polar surface area (TPSA) is 49.6 Å². The summed E-state index contributed by atoms with van der Waals surface area (Å²) in [5.41, 5.74) is 5.73. The van der Waals surface area contributed by atoms with E-state index in [-0.39, 0.29) is 5.41 Å². The number of nitrogens with two attached hydrogens (primary N) is 1. The molecule has 1 aliphatic heterocycles. The SMILES string of the molecule is CC1CCC(CN)(C(=O)N2CCC(N(C)C)C2)CC1. The number of likely N-dealkylation sites (tertiary alicyclic amines) is 1. The highest BCUT2D eigenvalue weighted by Gasteiger charge is 2.43. The van der Waals surface area contributed by atoms with E-state index in [1.54, 1.807) is 0 Å². The minimum absolute atomic E-state index is 0.256. The summed E-state index contributed by atoms with van der Waals surface area (Å²) >= 11 is 0. The van der Waals surface area contributed by atoms with E-state index < -0.39 is 0 Å². The summed E-state index contributed by atoms with van der Waals surface area (Å²) in [5, 5.41) is 0. The van der Waals surface area contributed by atoms with Crippen molar-refractivity contribution >= 4 is 5.91 Å². The molecule has 1 atom stereocenters. The van der Waals surface area contributed by atoms with Gasteiger partial charge >= 0.3 is 0 Å². The summed E-state index contributed by atoms with van der Waals surface area (Å²) in [4.78, 5) is 17.1. The van der Waals surface area contributed by atoms with Crippen LogP contribution < -0.4 is 5.73 Å². The van der Waals surface area contributed by atoms with Crippen molar-refractivity contribution < 1.29 is 4.79 Å². The molecule has 1 saturated carbocycles. The largest absolute Gasteiger partial charge is 0.341 e. The number of hydrogen-bond donors (Lipinski definition) is 1. The van der Waals surface area contributed by atoms with Crippen molar-refractivity contribution in [2.75, 3.05) is 33.7 Å². The normalized spacial score (nSPS) is 35.9. The molecule has 2 aliphatic rings. The van der Waals surface area contributed by atoms with E-state index in [4.69, 9.17) is 5.73 Å². The Hall–Kier alpha value is -0.610. The second-order valence-corrected chi connectivity index (χ2v) is 6.82. The summed E-state index contributed by atoms with van der Waals surface area (Å²) in [5.74, 6) is 1.08. The van der Waals surface area contributed by atoms with Crippen molar-refractivity contribution in [3.05, 3.63) is 0 Å². The standard InChI is InChI=1S/C15H29N3O/c1-12-4-7-15(11-16,8-5-12)14(19)18-9-6-13(10-18)17(2)3/h12-13H,4-11,16H2,1-3H3. The van der Waals surface area contributed by atoms with Crippen molar-refractivity contribution in [3.63, 3.8) is 0 Å². The fourth-order valence-electron chi connectivity index (χ4n) is 3.50. The lowest BCUT2D eigenvalue weighted by Crippen LogP contribution is -2.49. The van der Waals surface area contributed by atoms with Gasteiger partial charge in [0.1, 0.15) is 0 Å². The summed E-state index contributed by atoms with van der Waals surface area (Å²) < 4.78 is 0. The van der Waals surface area contributed by atoms with E-state index in [1.165, 1.54) is 0 Å². The van der Waals surface area contributed by atoms with Gasteiger partial charge in [0.05, 0.1) is 5.41 Å². The fraction of sp³-hybridized carbons (Fsp3) is 0.933. The fourth-order valence-corrected chi connectivity index (χ4v) is 3.50. The first-order chi connectivity index (χ1) is 8.98. The first-order valence-electron chi connectivity index (χ1n) is 7.64. The predicted octanol–water partition coefficient (Wildman–Crippen LogP) is 1.30. The molecular formula is C15H29N3O. The minimum atomic E-state index is -0.256. The van der Waals surface area contributed by atoms with Gasteiger partial charge in [0, 0.05) is 25.7 Å². The van der Waals surface area contributed by atoms with Gasteiger partial charge in [-0.3, -0.25) is 4.79 Å². The molecule has 4 nitrogen and oxygen atoms in total. The van der Waals surface area contributed by atoms with Crippen molar-refractivity contribution in [2.24, 2.45) is 17.1 Å². The smallest absolute Gasteiger partial charge is 0.230 e. The molecule has 0 spiro atoms. The van der Waals surface area contributed by atoms with Crippen molar-refractivity contribution in [1.82, 2.24) is 9.80 Å². The Balaban J connectivity index is 2.02. The Morgan fingerprint density at radius 2 is 1.95 bits per heavy atom. The maximum atomic E-state index is 12.9. The van der Waals surface area contributed by atoms with Crippen LogP contribution in [-0.2, 0) is 4.79 Å². The monoisotopic (exact) mass is 267 g/mol. The molecule has 2 N–H and O–H groups in total. The number of nitrogens with zero attached hydrogens (tertiary/aromatic N) is 2. The van der Waals surface area contributed by atoms with Gasteiger partial charge in [0.25, 0.3) is 0 Å². The molecule has 19 heavy (non-hydrogen) atoms. The van der Waals surface area contributed by atoms with Gasteiger partial charge in [-0.1, -0.05) is 6.92 Å². The van der Waals surface area contributed by atoms with Gasteiger partial charge in [-0.2, -0.15) is 0 Å². The second kappa shape index (κ2) is 5.80. The number of carbonyl (C=O) groups is 1. The Labute approximate surface area is 117 Å². The van der Waals surface area contributed by atoms with E-state index in [9.17, 15) is 4.79 Å². The first-order valence-corrected chi connectivity index (χ1v) is 7.64. The summed E-state index contributed by atoms with van der Waals surface area (Å²) in [6, 6.07) is 0.515. The number of likely N-dealkylation sites (N-methyl/N-ethyl adjacent to an activating group) is 1. The predicted molar refractivity (Wildman–Crippen MR) is 77.8 cm³/mol. The van der Waals surface area contributed by atoms with Gasteiger partial charge in [0.2, 0.25) is 5.91 Å². The maximum absolute atomic E-state index is 12.9. The molecule has 110 valence electrons. The van der Waals surface area contributed by atoms with Crippen LogP contribution in [0.5, 0.6) is 0 Å². The van der Waals surface area contributed by atoms with E-state index in [1.807, 2.05) is 0 Å². The van der Waals surface area contributed by atoms with Crippen LogP contribution in [0.3, 0.4) is 0 Å². The van der Waals surface area contributed by atoms with Gasteiger partial charge in [-0.15, -0.1) is 0 Å². The number of carbonyl (C=O) groups excluding carboxylic acids is 1. The minimum Gasteiger partial charge on any atom is -0.341 e. The Bertz CT molecular complexity index is 321. The molecule has 1 unspecified atom stereocenters. The molecule has 4 heteroatoms. The van der Waals surface area contributed by atoms with Gasteiger partial charge in [-0.05, 0) is 52.1 Å². The number of amides is 1. The van der Waals surface area contributed by atoms with Gasteiger partial charge in [0.15, 0.2) is 0 Å². The van der Waals surface area contributed by atoms with E-state index >= 15 is 0 Å². The number of rotatable bonds is 3. The molecule has 1 saturated heterocycles. The van der Waals surface area contributed by atoms with Gasteiger partial charge in [-0.25, -0.2) is 0 Å². The number of hydrogen-bond acceptors (Lipinski definition) is 3. The highest BCUT2D eigenvalue weighted by molar-refractivity contribution is 5.83. The zero-order valence-corrected chi connectivity index (χ0v) is 12.7. The molecule has 1 heterocycles. The van der Waals surface area contributed by atoms with Crippen LogP contribution in [0.4, 0.5) is 0 Å². The molecular weight excluding hydrogens is 238 g/mol. The van der Waals surface area contributed by atoms with Crippen LogP contribution in [0.2, 0.25) is 0 Å². The van der Waals surface area contributed by atoms with Crippen LogP contribution in [-0.4, -0.2) is 55.5 Å². The summed E-state index contributed by atoms with van der Waals surface area (Å²) in [6.45, 7) is 4.58. The molecule has 0 aromatic carbocycles. The molecule has 2 fully saturated rings. The molecule has 0 radical (unpaired) electrons. The quantitative estimate of drug-likeness (QED) is 0.838. The van der Waals surface area contributed by atoms with Crippen LogP contribution >= 0.6 is 0 Å². The molecule has 2 rings (SSSR count). The lowest BCUT2D eigenvalue weighted by molar-refractivity contribution is -0.143. The molecule has 0 aromatic heterocycles. The van der Waals surface area contributed by atoms with E-state index in [0.717, 1.165) is 51.1 Å². The van der Waals surface area contributed by atoms with E-state index in [2.05, 4.69) is 30.8 Å². The van der Waals surface area contributed by atoms with Gasteiger partial charge < -0.3 is 15.5 Å². The zero-order chi connectivity index (χ0) is 14.0. The molecule has 1 aliphatic carbocycles. The Morgan fingerprint density at radius 3 is 2.42 bits per heavy atom. The van der Waals surface area contributed by atoms with E-state index in [0.29, 0.717) is 18.5 Å². The average molecular weight is 267 g/mol. The maximum Gasteiger partial charge on any atom is 0.230 e. The third-order valence-corrected chi connectivity index (χ3v) is 5.26. The highest BCUT2D eigenvalue weighted by Crippen LogP contribution is 2.40. The lowest BCUT2D eigenvalue weighted by atomic mass is 9.70. The summed E-state index contributed by atoms with van der Waals surface area (Å²) in [6.07, 6.45) is 5.34. The summed E-state index contributed by atoms with van der Waals surface area (Å²) in [7, 11) is 4.19. The van der Waals surface area contributed by atoms with Crippen LogP contribution in [0.15, 0.2) is 0 Å². The average Bonchev–Trinajstić information content (AvgIpc) is 2.89. The third kappa shape index (κ3) is 2.95. The third-order valence-electron chi connectivity index (χ3n) is 5.26. The van der Waals surface area contributed by atoms with Crippen LogP contribution in [0.25, 0.3) is 0 Å². The molecule has 0 bridgehead atoms. The van der Waals surface area contributed by atoms with Crippen LogP contribution in [0.1, 0.15) is 39.0 Å². The zero-order valence-electron chi connectivity index (χ0n) is 12.7. The van der Waals surface area contributed by atoms with Crippen molar-refractivity contribution in [2.45, 2.75) is 45.1 Å². The molecule has 1 amide bonds. The Morgan fingerprint density at radius 1 is 1.32 bits per heavy atom. The van der Waals surface area contributed by atoms with Crippen LogP contribution in [0, 0.1) is 11.3 Å². The Kier molecular flexibility index (Phi) is 4.51. The highest BCUT2D eigenvalue weighted by atomic mass is 16.2. The molecule has 0 aromatic rings.